The van der Waals surface area contributed by atoms with Gasteiger partial charge in [-0.3, -0.25) is 0 Å². The number of carbonyl (C=O) groups excluding carboxylic acids is 1. The van der Waals surface area contributed by atoms with Crippen molar-refractivity contribution in [2.45, 2.75) is 13.3 Å². The maximum absolute atomic E-state index is 11.9. The van der Waals surface area contributed by atoms with Crippen molar-refractivity contribution in [3.8, 4) is 0 Å². The summed E-state index contributed by atoms with van der Waals surface area (Å²) in [5, 5.41) is 11.1. The first-order valence-electron chi connectivity index (χ1n) is 6.44. The van der Waals surface area contributed by atoms with Crippen molar-refractivity contribution in [3.05, 3.63) is 0 Å². The number of hydrogen-bond donors (Lipinski definition) is 2. The highest BCUT2D eigenvalue weighted by Gasteiger charge is 2.11. The highest BCUT2D eigenvalue weighted by Crippen LogP contribution is 1.93. The summed E-state index contributed by atoms with van der Waals surface area (Å²) in [5.41, 5.74) is 0. The Kier molecular flexibility index (Phi) is 9.82. The second-order valence-electron chi connectivity index (χ2n) is 4.47. The molecule has 2 amide bonds. The fraction of sp³-hybridized carbons (Fsp3) is 0.833. The van der Waals surface area contributed by atoms with Gasteiger partial charge in [-0.1, -0.05) is 6.92 Å². The van der Waals surface area contributed by atoms with E-state index in [1.165, 1.54) is 0 Å². The number of rotatable bonds is 10. The molecule has 0 bridgehead atoms. The number of urea groups is 1. The molecule has 0 atom stereocenters. The number of likely N-dealkylation sites (N-methyl/N-ethyl adjacent to an activating group) is 1. The number of ether oxygens (including phenoxy) is 1. The number of carboxylic acids is 1. The van der Waals surface area contributed by atoms with E-state index in [1.807, 2.05) is 25.9 Å². The molecule has 0 aliphatic rings. The van der Waals surface area contributed by atoms with Gasteiger partial charge in [0.1, 0.15) is 6.61 Å². The van der Waals surface area contributed by atoms with Crippen LogP contribution in [0.5, 0.6) is 0 Å². The van der Waals surface area contributed by atoms with E-state index < -0.39 is 5.97 Å². The number of nitrogens with zero attached hydrogens (tertiary/aromatic N) is 2. The van der Waals surface area contributed by atoms with Gasteiger partial charge in [-0.05, 0) is 20.5 Å². The molecule has 0 aromatic heterocycles. The first-order chi connectivity index (χ1) is 8.97. The van der Waals surface area contributed by atoms with Crippen molar-refractivity contribution >= 4 is 12.0 Å². The van der Waals surface area contributed by atoms with Gasteiger partial charge >= 0.3 is 12.0 Å². The monoisotopic (exact) mass is 275 g/mol. The third-order valence-corrected chi connectivity index (χ3v) is 2.35. The van der Waals surface area contributed by atoms with Gasteiger partial charge in [0.05, 0.1) is 6.61 Å². The number of amides is 2. The van der Waals surface area contributed by atoms with E-state index in [2.05, 4.69) is 5.32 Å². The Labute approximate surface area is 114 Å². The standard InChI is InChI=1S/C12H25N3O4/c1-4-6-15(8-7-14(2)3)12(18)13-5-9-19-10-11(16)17/h4-10H2,1-3H3,(H,13,18)(H,16,17). The van der Waals surface area contributed by atoms with E-state index >= 15 is 0 Å². The molecule has 0 saturated heterocycles. The molecule has 0 aliphatic heterocycles. The topological polar surface area (TPSA) is 82.1 Å². The first-order valence-corrected chi connectivity index (χ1v) is 6.44. The van der Waals surface area contributed by atoms with Crippen LogP contribution >= 0.6 is 0 Å². The fourth-order valence-electron chi connectivity index (χ4n) is 1.41. The van der Waals surface area contributed by atoms with Crippen molar-refractivity contribution in [1.29, 1.82) is 0 Å². The van der Waals surface area contributed by atoms with Crippen molar-refractivity contribution in [1.82, 2.24) is 15.1 Å². The third kappa shape index (κ3) is 10.3. The predicted molar refractivity (Wildman–Crippen MR) is 72.3 cm³/mol. The van der Waals surface area contributed by atoms with Gasteiger partial charge < -0.3 is 25.0 Å². The third-order valence-electron chi connectivity index (χ3n) is 2.35. The zero-order chi connectivity index (χ0) is 14.7. The summed E-state index contributed by atoms with van der Waals surface area (Å²) in [6.45, 7) is 4.38. The Balaban J connectivity index is 3.87. The summed E-state index contributed by atoms with van der Waals surface area (Å²) in [6, 6.07) is -0.136. The lowest BCUT2D eigenvalue weighted by Gasteiger charge is -2.24. The molecule has 0 unspecified atom stereocenters. The van der Waals surface area contributed by atoms with Crippen molar-refractivity contribution in [2.75, 3.05) is 53.5 Å². The number of nitrogens with one attached hydrogen (secondary N) is 1. The van der Waals surface area contributed by atoms with Crippen LogP contribution < -0.4 is 5.32 Å². The molecular weight excluding hydrogens is 250 g/mol. The molecule has 0 rings (SSSR count). The highest BCUT2D eigenvalue weighted by molar-refractivity contribution is 5.74. The zero-order valence-corrected chi connectivity index (χ0v) is 12.0. The number of carbonyl (C=O) groups is 2. The number of aliphatic carboxylic acids is 1. The molecular formula is C12H25N3O4. The lowest BCUT2D eigenvalue weighted by atomic mass is 10.4. The van der Waals surface area contributed by atoms with Gasteiger partial charge in [-0.2, -0.15) is 0 Å². The van der Waals surface area contributed by atoms with E-state index in [0.717, 1.165) is 13.0 Å². The summed E-state index contributed by atoms with van der Waals surface area (Å²) in [4.78, 5) is 25.8. The molecule has 2 N–H and O–H groups in total. The molecule has 112 valence electrons. The van der Waals surface area contributed by atoms with E-state index in [9.17, 15) is 9.59 Å². The normalized spacial score (nSPS) is 10.5. The molecule has 0 saturated carbocycles. The molecule has 0 aliphatic carbocycles. The van der Waals surface area contributed by atoms with Crippen LogP contribution in [-0.2, 0) is 9.53 Å². The minimum atomic E-state index is -1.01. The maximum Gasteiger partial charge on any atom is 0.329 e. The Morgan fingerprint density at radius 3 is 2.42 bits per heavy atom. The average molecular weight is 275 g/mol. The molecule has 7 heteroatoms. The quantitative estimate of drug-likeness (QED) is 0.551. The minimum absolute atomic E-state index is 0.136. The Bertz CT molecular complexity index is 272. The second kappa shape index (κ2) is 10.6. The van der Waals surface area contributed by atoms with Crippen LogP contribution in [0.25, 0.3) is 0 Å². The molecule has 0 aromatic carbocycles. The van der Waals surface area contributed by atoms with Crippen molar-refractivity contribution in [2.24, 2.45) is 0 Å². The van der Waals surface area contributed by atoms with Crippen LogP contribution in [0.2, 0.25) is 0 Å². The number of carboxylic acid groups (broad SMARTS) is 1. The van der Waals surface area contributed by atoms with Crippen LogP contribution in [0, 0.1) is 0 Å². The lowest BCUT2D eigenvalue weighted by molar-refractivity contribution is -0.142. The minimum Gasteiger partial charge on any atom is -0.480 e. The maximum atomic E-state index is 11.9. The second-order valence-corrected chi connectivity index (χ2v) is 4.47. The molecule has 0 heterocycles. The Hall–Kier alpha value is -1.34. The summed E-state index contributed by atoms with van der Waals surface area (Å²) < 4.78 is 4.84. The van der Waals surface area contributed by atoms with Gasteiger partial charge in [0.25, 0.3) is 0 Å². The molecule has 7 nitrogen and oxygen atoms in total. The summed E-state index contributed by atoms with van der Waals surface area (Å²) in [6.07, 6.45) is 0.899. The average Bonchev–Trinajstić information content (AvgIpc) is 2.33. The van der Waals surface area contributed by atoms with Crippen LogP contribution in [0.3, 0.4) is 0 Å². The van der Waals surface area contributed by atoms with Crippen LogP contribution in [-0.4, -0.2) is 80.4 Å². The Morgan fingerprint density at radius 2 is 1.89 bits per heavy atom. The summed E-state index contributed by atoms with van der Waals surface area (Å²) >= 11 is 0. The lowest BCUT2D eigenvalue weighted by Crippen LogP contribution is -2.44. The van der Waals surface area contributed by atoms with Gasteiger partial charge in [-0.15, -0.1) is 0 Å². The highest BCUT2D eigenvalue weighted by atomic mass is 16.5. The molecule has 0 spiro atoms. The van der Waals surface area contributed by atoms with E-state index in [0.29, 0.717) is 19.6 Å². The van der Waals surface area contributed by atoms with Gasteiger partial charge in [0.15, 0.2) is 0 Å². The summed E-state index contributed by atoms with van der Waals surface area (Å²) in [5.74, 6) is -1.01. The van der Waals surface area contributed by atoms with Crippen molar-refractivity contribution in [3.63, 3.8) is 0 Å². The van der Waals surface area contributed by atoms with Gasteiger partial charge in [0, 0.05) is 26.2 Å². The first kappa shape index (κ1) is 17.7. The predicted octanol–water partition coefficient (Wildman–Crippen LogP) is 0.0708. The van der Waals surface area contributed by atoms with E-state index in [4.69, 9.17) is 9.84 Å². The van der Waals surface area contributed by atoms with E-state index in [-0.39, 0.29) is 19.2 Å². The SMILES string of the molecule is CCCN(CCN(C)C)C(=O)NCCOCC(=O)O. The van der Waals surface area contributed by atoms with Crippen LogP contribution in [0.4, 0.5) is 4.79 Å². The van der Waals surface area contributed by atoms with Crippen molar-refractivity contribution < 1.29 is 19.4 Å². The van der Waals surface area contributed by atoms with Gasteiger partial charge in [0.2, 0.25) is 0 Å². The molecule has 0 radical (unpaired) electrons. The molecule has 0 aromatic rings. The molecule has 0 fully saturated rings. The molecule has 19 heavy (non-hydrogen) atoms. The Morgan fingerprint density at radius 1 is 1.21 bits per heavy atom. The smallest absolute Gasteiger partial charge is 0.329 e. The fourth-order valence-corrected chi connectivity index (χ4v) is 1.41. The number of hydrogen-bond acceptors (Lipinski definition) is 4. The summed E-state index contributed by atoms with van der Waals surface area (Å²) in [7, 11) is 3.92. The van der Waals surface area contributed by atoms with E-state index in [1.54, 1.807) is 4.90 Å². The van der Waals surface area contributed by atoms with Crippen LogP contribution in [0.15, 0.2) is 0 Å². The van der Waals surface area contributed by atoms with Gasteiger partial charge in [-0.25, -0.2) is 9.59 Å². The largest absolute Gasteiger partial charge is 0.480 e. The zero-order valence-electron chi connectivity index (χ0n) is 12.0. The van der Waals surface area contributed by atoms with Crippen LogP contribution in [0.1, 0.15) is 13.3 Å².